The van der Waals surface area contributed by atoms with Gasteiger partial charge >= 0.3 is 6.61 Å². The number of halogens is 2. The maximum atomic E-state index is 12.2. The van der Waals surface area contributed by atoms with E-state index in [2.05, 4.69) is 20.4 Å². The van der Waals surface area contributed by atoms with Gasteiger partial charge in [0.1, 0.15) is 11.5 Å². The number of nitrogens with zero attached hydrogens (tertiary/aromatic N) is 2. The van der Waals surface area contributed by atoms with E-state index < -0.39 is 12.7 Å². The maximum absolute atomic E-state index is 12.2. The number of benzene rings is 1. The molecule has 3 N–H and O–H groups in total. The first-order valence-corrected chi connectivity index (χ1v) is 9.35. The summed E-state index contributed by atoms with van der Waals surface area (Å²) in [5.41, 5.74) is 0.580. The van der Waals surface area contributed by atoms with Crippen LogP contribution in [0.25, 0.3) is 0 Å². The Balaban J connectivity index is 1.96. The van der Waals surface area contributed by atoms with E-state index in [-0.39, 0.29) is 18.3 Å². The number of furan rings is 1. The van der Waals surface area contributed by atoms with Crippen LogP contribution in [0.15, 0.2) is 52.1 Å². The second-order valence-electron chi connectivity index (χ2n) is 6.56. The van der Waals surface area contributed by atoms with E-state index in [1.54, 1.807) is 18.4 Å². The number of hydrogen-bond acceptors (Lipinski definition) is 5. The molecule has 0 amide bonds. The Hall–Kier alpha value is -2.65. The third-order valence-electron chi connectivity index (χ3n) is 4.21. The number of nitrogens with one attached hydrogen (secondary N) is 2. The highest BCUT2D eigenvalue weighted by Crippen LogP contribution is 2.20. The molecule has 0 saturated carbocycles. The van der Waals surface area contributed by atoms with Crippen molar-refractivity contribution in [3.05, 3.63) is 54.0 Å². The predicted molar refractivity (Wildman–Crippen MR) is 107 cm³/mol. The molecule has 2 unspecified atom stereocenters. The lowest BCUT2D eigenvalue weighted by molar-refractivity contribution is -0.0498. The van der Waals surface area contributed by atoms with Crippen LogP contribution in [0.2, 0.25) is 0 Å². The Morgan fingerprint density at radius 3 is 2.48 bits per heavy atom. The van der Waals surface area contributed by atoms with Gasteiger partial charge in [0.15, 0.2) is 5.96 Å². The molecule has 0 aliphatic rings. The summed E-state index contributed by atoms with van der Waals surface area (Å²) in [5, 5.41) is 16.6. The Morgan fingerprint density at radius 2 is 1.93 bits per heavy atom. The predicted octanol–water partition coefficient (Wildman–Crippen LogP) is 2.77. The molecule has 0 spiro atoms. The second kappa shape index (κ2) is 11.4. The fourth-order valence-electron chi connectivity index (χ4n) is 2.69. The normalized spacial score (nSPS) is 14.1. The van der Waals surface area contributed by atoms with Gasteiger partial charge in [0, 0.05) is 13.1 Å². The summed E-state index contributed by atoms with van der Waals surface area (Å²) < 4.78 is 34.2. The van der Waals surface area contributed by atoms with Gasteiger partial charge in [-0.25, -0.2) is 0 Å². The van der Waals surface area contributed by atoms with Crippen LogP contribution >= 0.6 is 0 Å². The molecule has 1 aromatic heterocycles. The molecule has 9 heteroatoms. The van der Waals surface area contributed by atoms with Gasteiger partial charge in [-0.1, -0.05) is 12.1 Å². The molecule has 7 nitrogen and oxygen atoms in total. The fraction of sp³-hybridized carbons (Fsp3) is 0.450. The molecule has 29 heavy (non-hydrogen) atoms. The van der Waals surface area contributed by atoms with Crippen molar-refractivity contribution in [2.24, 2.45) is 4.99 Å². The molecule has 1 heterocycles. The summed E-state index contributed by atoms with van der Waals surface area (Å²) in [6.07, 6.45) is 0.793. The van der Waals surface area contributed by atoms with Gasteiger partial charge in [0.05, 0.1) is 25.0 Å². The minimum absolute atomic E-state index is 0.0206. The first kappa shape index (κ1) is 22.6. The molecule has 0 fully saturated rings. The van der Waals surface area contributed by atoms with E-state index in [0.717, 1.165) is 5.76 Å². The smallest absolute Gasteiger partial charge is 0.387 e. The van der Waals surface area contributed by atoms with Gasteiger partial charge in [-0.2, -0.15) is 8.78 Å². The number of guanidine groups is 1. The molecule has 1 aromatic carbocycles. The maximum Gasteiger partial charge on any atom is 0.387 e. The largest absolute Gasteiger partial charge is 0.468 e. The van der Waals surface area contributed by atoms with Crippen molar-refractivity contribution in [1.29, 1.82) is 0 Å². The SMILES string of the molecule is CCNC(=NCC(c1ccco1)N(C)C)NCC(O)c1ccc(OC(F)F)cc1. The van der Waals surface area contributed by atoms with Crippen molar-refractivity contribution < 1.29 is 23.0 Å². The highest BCUT2D eigenvalue weighted by molar-refractivity contribution is 5.79. The van der Waals surface area contributed by atoms with E-state index in [1.165, 1.54) is 12.1 Å². The molecule has 0 aliphatic heterocycles. The monoisotopic (exact) mass is 410 g/mol. The second-order valence-corrected chi connectivity index (χ2v) is 6.56. The van der Waals surface area contributed by atoms with Crippen LogP contribution in [0, 0.1) is 0 Å². The Labute approximate surface area is 169 Å². The number of rotatable bonds is 10. The Morgan fingerprint density at radius 1 is 1.21 bits per heavy atom. The summed E-state index contributed by atoms with van der Waals surface area (Å²) >= 11 is 0. The lowest BCUT2D eigenvalue weighted by atomic mass is 10.1. The van der Waals surface area contributed by atoms with E-state index in [9.17, 15) is 13.9 Å². The minimum atomic E-state index is -2.88. The molecule has 2 rings (SSSR count). The molecule has 160 valence electrons. The quantitative estimate of drug-likeness (QED) is 0.413. The molecule has 0 radical (unpaired) electrons. The molecular formula is C20H28F2N4O3. The highest BCUT2D eigenvalue weighted by atomic mass is 19.3. The number of alkyl halides is 2. The van der Waals surface area contributed by atoms with Gasteiger partial charge in [-0.05, 0) is 50.8 Å². The number of likely N-dealkylation sites (N-methyl/N-ethyl adjacent to an activating group) is 1. The molecule has 0 aliphatic carbocycles. The third-order valence-corrected chi connectivity index (χ3v) is 4.21. The number of aliphatic hydroxyl groups is 1. The van der Waals surface area contributed by atoms with Gasteiger partial charge in [0.2, 0.25) is 0 Å². The number of aliphatic imine (C=N–C) groups is 1. The van der Waals surface area contributed by atoms with Crippen molar-refractivity contribution >= 4 is 5.96 Å². The van der Waals surface area contributed by atoms with E-state index in [0.29, 0.717) is 24.6 Å². The standard InChI is InChI=1S/C20H28F2N4O3/c1-4-23-20(24-12-16(26(2)3)18-6-5-11-28-18)25-13-17(27)14-7-9-15(10-8-14)29-19(21)22/h5-11,16-17,19,27H,4,12-13H2,1-3H3,(H2,23,24,25). The van der Waals surface area contributed by atoms with Crippen molar-refractivity contribution in [3.8, 4) is 5.75 Å². The lowest BCUT2D eigenvalue weighted by Crippen LogP contribution is -2.40. The zero-order valence-electron chi connectivity index (χ0n) is 16.8. The van der Waals surface area contributed by atoms with Crippen molar-refractivity contribution in [3.63, 3.8) is 0 Å². The van der Waals surface area contributed by atoms with E-state index >= 15 is 0 Å². The average Bonchev–Trinajstić information content (AvgIpc) is 3.20. The minimum Gasteiger partial charge on any atom is -0.468 e. The zero-order valence-corrected chi connectivity index (χ0v) is 16.8. The zero-order chi connectivity index (χ0) is 21.2. The molecule has 0 bridgehead atoms. The first-order chi connectivity index (χ1) is 13.9. The Kier molecular flexibility index (Phi) is 8.88. The molecular weight excluding hydrogens is 382 g/mol. The topological polar surface area (TPSA) is 82.3 Å². The van der Waals surface area contributed by atoms with Gasteiger partial charge in [-0.15, -0.1) is 0 Å². The Bertz CT molecular complexity index is 737. The summed E-state index contributed by atoms with van der Waals surface area (Å²) in [6, 6.07) is 9.62. The molecule has 2 aromatic rings. The summed E-state index contributed by atoms with van der Waals surface area (Å²) in [6.45, 7) is 0.402. The first-order valence-electron chi connectivity index (χ1n) is 9.35. The number of aliphatic hydroxyl groups excluding tert-OH is 1. The van der Waals surface area contributed by atoms with E-state index in [4.69, 9.17) is 4.42 Å². The van der Waals surface area contributed by atoms with Crippen LogP contribution in [0.1, 0.15) is 30.4 Å². The number of ether oxygens (including phenoxy) is 1. The molecule has 2 atom stereocenters. The van der Waals surface area contributed by atoms with Crippen LogP contribution in [0.5, 0.6) is 5.75 Å². The van der Waals surface area contributed by atoms with Gasteiger partial charge in [0.25, 0.3) is 0 Å². The van der Waals surface area contributed by atoms with Gasteiger partial charge < -0.3 is 24.9 Å². The van der Waals surface area contributed by atoms with Crippen LogP contribution < -0.4 is 15.4 Å². The van der Waals surface area contributed by atoms with Crippen LogP contribution in [-0.4, -0.2) is 56.3 Å². The average molecular weight is 410 g/mol. The van der Waals surface area contributed by atoms with Crippen molar-refractivity contribution in [1.82, 2.24) is 15.5 Å². The third kappa shape index (κ3) is 7.35. The van der Waals surface area contributed by atoms with Crippen molar-refractivity contribution in [2.45, 2.75) is 25.7 Å². The highest BCUT2D eigenvalue weighted by Gasteiger charge is 2.17. The van der Waals surface area contributed by atoms with Crippen LogP contribution in [0.3, 0.4) is 0 Å². The molecule has 0 saturated heterocycles. The van der Waals surface area contributed by atoms with E-state index in [1.807, 2.05) is 38.1 Å². The summed E-state index contributed by atoms with van der Waals surface area (Å²) in [4.78, 5) is 6.60. The summed E-state index contributed by atoms with van der Waals surface area (Å²) in [7, 11) is 3.91. The fourth-order valence-corrected chi connectivity index (χ4v) is 2.69. The lowest BCUT2D eigenvalue weighted by Gasteiger charge is -2.21. The van der Waals surface area contributed by atoms with Crippen LogP contribution in [0.4, 0.5) is 8.78 Å². The van der Waals surface area contributed by atoms with Crippen molar-refractivity contribution in [2.75, 3.05) is 33.7 Å². The number of hydrogen-bond donors (Lipinski definition) is 3. The summed E-state index contributed by atoms with van der Waals surface area (Å²) in [5.74, 6) is 1.43. The van der Waals surface area contributed by atoms with Crippen LogP contribution in [-0.2, 0) is 0 Å². The van der Waals surface area contributed by atoms with Gasteiger partial charge in [-0.3, -0.25) is 9.89 Å².